The minimum Gasteiger partial charge on any atom is -0.330 e. The number of amides is 2. The molecule has 7 nitrogen and oxygen atoms in total. The van der Waals surface area contributed by atoms with E-state index in [1.54, 1.807) is 11.8 Å². The highest BCUT2D eigenvalue weighted by atomic mass is 19.1. The zero-order valence-electron chi connectivity index (χ0n) is 16.8. The molecule has 2 amide bonds. The summed E-state index contributed by atoms with van der Waals surface area (Å²) in [6.07, 6.45) is 2.05. The van der Waals surface area contributed by atoms with Crippen LogP contribution in [0, 0.1) is 23.0 Å². The van der Waals surface area contributed by atoms with Crippen molar-refractivity contribution in [2.75, 3.05) is 19.6 Å². The van der Waals surface area contributed by atoms with E-state index >= 15 is 0 Å². The number of nitrogens with two attached hydrogens (primary N) is 1. The zero-order valence-corrected chi connectivity index (χ0v) is 16.8. The van der Waals surface area contributed by atoms with Crippen molar-refractivity contribution < 1.29 is 18.4 Å². The topological polar surface area (TPSA) is 93.7 Å². The van der Waals surface area contributed by atoms with Gasteiger partial charge in [0.15, 0.2) is 0 Å². The summed E-state index contributed by atoms with van der Waals surface area (Å²) < 4.78 is 27.2. The molecule has 0 saturated carbocycles. The second kappa shape index (κ2) is 7.93. The van der Waals surface area contributed by atoms with Gasteiger partial charge in [-0.25, -0.2) is 8.78 Å². The molecule has 3 fully saturated rings. The number of rotatable bonds is 5. The van der Waals surface area contributed by atoms with Gasteiger partial charge in [-0.05, 0) is 43.9 Å². The molecule has 0 unspecified atom stereocenters. The van der Waals surface area contributed by atoms with E-state index < -0.39 is 29.8 Å². The molecule has 0 aliphatic carbocycles. The molecule has 3 heterocycles. The van der Waals surface area contributed by atoms with Crippen LogP contribution >= 0.6 is 0 Å². The molecule has 3 aliphatic rings. The molecule has 9 heteroatoms. The first kappa shape index (κ1) is 20.7. The molecule has 3 saturated heterocycles. The molecule has 3 aliphatic heterocycles. The number of fused-ring (bicyclic) bond motifs is 2. The maximum atomic E-state index is 13.6. The fraction of sp³-hybridized carbons (Fsp3) is 0.571. The summed E-state index contributed by atoms with van der Waals surface area (Å²) in [4.78, 5) is 30.8. The third-order valence-electron chi connectivity index (χ3n) is 6.53. The van der Waals surface area contributed by atoms with Crippen molar-refractivity contribution in [1.29, 1.82) is 5.26 Å². The van der Waals surface area contributed by atoms with Crippen LogP contribution in [0.4, 0.5) is 8.78 Å². The van der Waals surface area contributed by atoms with Crippen molar-refractivity contribution in [3.05, 3.63) is 35.4 Å². The number of carbonyl (C=O) groups excluding carboxylic acids is 2. The summed E-state index contributed by atoms with van der Waals surface area (Å²) in [6, 6.07) is 3.30. The van der Waals surface area contributed by atoms with Crippen LogP contribution in [-0.4, -0.2) is 70.3 Å². The Bertz CT molecular complexity index is 884. The Morgan fingerprint density at radius 3 is 2.67 bits per heavy atom. The third-order valence-corrected chi connectivity index (χ3v) is 6.53. The Balaban J connectivity index is 1.41. The smallest absolute Gasteiger partial charge is 0.241 e. The number of nitriles is 1. The van der Waals surface area contributed by atoms with E-state index in [0.29, 0.717) is 31.5 Å². The minimum absolute atomic E-state index is 0.0928. The van der Waals surface area contributed by atoms with Gasteiger partial charge >= 0.3 is 0 Å². The van der Waals surface area contributed by atoms with E-state index in [4.69, 9.17) is 5.73 Å². The lowest BCUT2D eigenvalue weighted by Crippen LogP contribution is -2.56. The summed E-state index contributed by atoms with van der Waals surface area (Å²) in [5.74, 6) is -1.71. The molecular weight excluding hydrogens is 392 g/mol. The second-order valence-electron chi connectivity index (χ2n) is 8.41. The molecule has 0 spiro atoms. The SMILES string of the molecule is C[C@@H](c1cc(F)cc(F)c1)N1C(=O)[C@@H]2C[C@H]1CN2C[C@H](N)C(=O)N1CCC[C@H]1C#N. The maximum absolute atomic E-state index is 13.6. The van der Waals surface area contributed by atoms with Crippen LogP contribution < -0.4 is 5.73 Å². The van der Waals surface area contributed by atoms with E-state index in [2.05, 4.69) is 6.07 Å². The highest BCUT2D eigenvalue weighted by Crippen LogP contribution is 2.38. The van der Waals surface area contributed by atoms with E-state index in [-0.39, 0.29) is 30.4 Å². The van der Waals surface area contributed by atoms with Crippen molar-refractivity contribution in [2.24, 2.45) is 5.73 Å². The summed E-state index contributed by atoms with van der Waals surface area (Å²) in [7, 11) is 0. The molecule has 1 aromatic rings. The van der Waals surface area contributed by atoms with Gasteiger partial charge < -0.3 is 15.5 Å². The molecule has 5 atom stereocenters. The normalized spacial score (nSPS) is 28.1. The number of piperazine rings is 1. The van der Waals surface area contributed by atoms with Gasteiger partial charge in [0.1, 0.15) is 17.7 Å². The molecule has 0 aromatic heterocycles. The van der Waals surface area contributed by atoms with Crippen molar-refractivity contribution >= 4 is 11.8 Å². The number of benzene rings is 1. The number of likely N-dealkylation sites (tertiary alicyclic amines) is 3. The summed E-state index contributed by atoms with van der Waals surface area (Å²) in [5.41, 5.74) is 6.56. The summed E-state index contributed by atoms with van der Waals surface area (Å²) >= 11 is 0. The predicted molar refractivity (Wildman–Crippen MR) is 104 cm³/mol. The lowest BCUT2D eigenvalue weighted by atomic mass is 10.0. The van der Waals surface area contributed by atoms with Gasteiger partial charge in [-0.15, -0.1) is 0 Å². The van der Waals surface area contributed by atoms with Gasteiger partial charge in [0.05, 0.1) is 24.2 Å². The van der Waals surface area contributed by atoms with Crippen LogP contribution in [0.25, 0.3) is 0 Å². The molecule has 160 valence electrons. The van der Waals surface area contributed by atoms with E-state index in [0.717, 1.165) is 12.5 Å². The van der Waals surface area contributed by atoms with E-state index in [9.17, 15) is 23.6 Å². The molecule has 2 bridgehead atoms. The van der Waals surface area contributed by atoms with Crippen molar-refractivity contribution in [3.63, 3.8) is 0 Å². The average Bonchev–Trinajstić information content (AvgIpc) is 3.40. The van der Waals surface area contributed by atoms with Crippen LogP contribution in [0.5, 0.6) is 0 Å². The lowest BCUT2D eigenvalue weighted by Gasteiger charge is -2.38. The van der Waals surface area contributed by atoms with Gasteiger partial charge in [-0.3, -0.25) is 14.5 Å². The van der Waals surface area contributed by atoms with Gasteiger partial charge in [-0.2, -0.15) is 5.26 Å². The first-order valence-electron chi connectivity index (χ1n) is 10.3. The highest BCUT2D eigenvalue weighted by Gasteiger charge is 2.51. The van der Waals surface area contributed by atoms with Crippen molar-refractivity contribution in [1.82, 2.24) is 14.7 Å². The number of nitrogens with zero attached hydrogens (tertiary/aromatic N) is 4. The molecule has 0 radical (unpaired) electrons. The molecule has 4 rings (SSSR count). The van der Waals surface area contributed by atoms with Gasteiger partial charge in [0.25, 0.3) is 0 Å². The minimum atomic E-state index is -0.797. The highest BCUT2D eigenvalue weighted by molar-refractivity contribution is 5.87. The quantitative estimate of drug-likeness (QED) is 0.776. The molecule has 2 N–H and O–H groups in total. The van der Waals surface area contributed by atoms with Crippen molar-refractivity contribution in [2.45, 2.75) is 56.4 Å². The number of carbonyl (C=O) groups is 2. The monoisotopic (exact) mass is 417 g/mol. The summed E-state index contributed by atoms with van der Waals surface area (Å²) in [6.45, 7) is 3.10. The maximum Gasteiger partial charge on any atom is 0.241 e. The van der Waals surface area contributed by atoms with Gasteiger partial charge in [0.2, 0.25) is 11.8 Å². The zero-order chi connectivity index (χ0) is 21.6. The first-order chi connectivity index (χ1) is 14.3. The lowest BCUT2D eigenvalue weighted by molar-refractivity contribution is -0.141. The Kier molecular flexibility index (Phi) is 5.47. The van der Waals surface area contributed by atoms with E-state index in [1.165, 1.54) is 17.0 Å². The van der Waals surface area contributed by atoms with Crippen LogP contribution in [0.1, 0.15) is 37.8 Å². The second-order valence-corrected chi connectivity index (χ2v) is 8.41. The third kappa shape index (κ3) is 3.55. The Morgan fingerprint density at radius 1 is 1.33 bits per heavy atom. The van der Waals surface area contributed by atoms with Gasteiger partial charge in [0, 0.05) is 31.7 Å². The van der Waals surface area contributed by atoms with Crippen LogP contribution in [0.3, 0.4) is 0 Å². The predicted octanol–water partition coefficient (Wildman–Crippen LogP) is 1.15. The number of halogens is 2. The van der Waals surface area contributed by atoms with Crippen LogP contribution in [0.15, 0.2) is 18.2 Å². The first-order valence-corrected chi connectivity index (χ1v) is 10.3. The summed E-state index contributed by atoms with van der Waals surface area (Å²) in [5, 5.41) is 9.19. The Labute approximate surface area is 174 Å². The molecule has 30 heavy (non-hydrogen) atoms. The van der Waals surface area contributed by atoms with Crippen LogP contribution in [-0.2, 0) is 9.59 Å². The standard InChI is InChI=1S/C21H25F2N5O2/c1-12(13-5-14(22)7-15(23)6-13)28-17-8-19(21(28)30)26(10-17)11-18(25)20(29)27-4-2-3-16(27)9-24/h5-7,12,16-19H,2-4,8,10-11,25H2,1H3/t12-,16-,17-,18-,19-/m0/s1. The average molecular weight is 417 g/mol. The number of hydrogen-bond donors (Lipinski definition) is 1. The fourth-order valence-electron chi connectivity index (χ4n) is 5.08. The van der Waals surface area contributed by atoms with E-state index in [1.807, 2.05) is 4.90 Å². The Hall–Kier alpha value is -2.57. The fourth-order valence-corrected chi connectivity index (χ4v) is 5.08. The largest absolute Gasteiger partial charge is 0.330 e. The Morgan fingerprint density at radius 2 is 2.03 bits per heavy atom. The molecular formula is C21H25F2N5O2. The van der Waals surface area contributed by atoms with Crippen molar-refractivity contribution in [3.8, 4) is 6.07 Å². The van der Waals surface area contributed by atoms with Crippen LogP contribution in [0.2, 0.25) is 0 Å². The molecule has 1 aromatic carbocycles. The van der Waals surface area contributed by atoms with Gasteiger partial charge in [-0.1, -0.05) is 0 Å². The number of hydrogen-bond acceptors (Lipinski definition) is 5.